The van der Waals surface area contributed by atoms with Crippen LogP contribution < -0.4 is 5.32 Å². The molecule has 1 N–H and O–H groups in total. The van der Waals surface area contributed by atoms with Gasteiger partial charge >= 0.3 is 0 Å². The zero-order valence-electron chi connectivity index (χ0n) is 8.97. The first-order valence-corrected chi connectivity index (χ1v) is 7.43. The number of rotatable bonds is 5. The predicted octanol–water partition coefficient (Wildman–Crippen LogP) is 3.98. The highest BCUT2D eigenvalue weighted by molar-refractivity contribution is 9.11. The molecule has 3 heteroatoms. The van der Waals surface area contributed by atoms with Crippen LogP contribution in [0.2, 0.25) is 0 Å². The van der Waals surface area contributed by atoms with Gasteiger partial charge in [-0.3, -0.25) is 0 Å². The molecule has 15 heavy (non-hydrogen) atoms. The highest BCUT2D eigenvalue weighted by Crippen LogP contribution is 2.23. The molecular formula is C12H18BrNS. The molecule has 0 atom stereocenters. The zero-order chi connectivity index (χ0) is 10.5. The third-order valence-electron chi connectivity index (χ3n) is 3.02. The second kappa shape index (κ2) is 6.02. The fourth-order valence-electron chi connectivity index (χ4n) is 2.18. The smallest absolute Gasteiger partial charge is 0.0701 e. The van der Waals surface area contributed by atoms with Gasteiger partial charge in [0.25, 0.3) is 0 Å². The fourth-order valence-corrected chi connectivity index (χ4v) is 3.71. The quantitative estimate of drug-likeness (QED) is 0.808. The number of thiophene rings is 1. The van der Waals surface area contributed by atoms with Crippen LogP contribution in [-0.4, -0.2) is 12.6 Å². The van der Waals surface area contributed by atoms with E-state index < -0.39 is 0 Å². The van der Waals surface area contributed by atoms with Crippen molar-refractivity contribution < 1.29 is 0 Å². The Balaban J connectivity index is 1.58. The van der Waals surface area contributed by atoms with E-state index in [1.807, 2.05) is 11.3 Å². The van der Waals surface area contributed by atoms with Crippen LogP contribution in [0.25, 0.3) is 0 Å². The van der Waals surface area contributed by atoms with E-state index in [4.69, 9.17) is 0 Å². The van der Waals surface area contributed by atoms with E-state index in [0.717, 1.165) is 6.04 Å². The van der Waals surface area contributed by atoms with E-state index in [1.54, 1.807) is 0 Å². The highest BCUT2D eigenvalue weighted by Gasteiger charge is 2.13. The van der Waals surface area contributed by atoms with Gasteiger partial charge in [0.2, 0.25) is 0 Å². The molecule has 1 saturated carbocycles. The Morgan fingerprint density at radius 2 is 2.13 bits per heavy atom. The Morgan fingerprint density at radius 1 is 1.33 bits per heavy atom. The molecular weight excluding hydrogens is 270 g/mol. The normalized spacial score (nSPS) is 17.4. The van der Waals surface area contributed by atoms with Crippen molar-refractivity contribution in [1.82, 2.24) is 5.32 Å². The van der Waals surface area contributed by atoms with Gasteiger partial charge in [-0.15, -0.1) is 11.3 Å². The molecule has 0 bridgehead atoms. The molecule has 1 aliphatic rings. The van der Waals surface area contributed by atoms with Gasteiger partial charge < -0.3 is 5.32 Å². The summed E-state index contributed by atoms with van der Waals surface area (Å²) in [5, 5.41) is 3.65. The van der Waals surface area contributed by atoms with Crippen LogP contribution in [0.4, 0.5) is 0 Å². The highest BCUT2D eigenvalue weighted by atomic mass is 79.9. The monoisotopic (exact) mass is 287 g/mol. The largest absolute Gasteiger partial charge is 0.314 e. The minimum Gasteiger partial charge on any atom is -0.314 e. The molecule has 0 aliphatic heterocycles. The molecule has 1 aliphatic carbocycles. The van der Waals surface area contributed by atoms with Gasteiger partial charge in [0.15, 0.2) is 0 Å². The lowest BCUT2D eigenvalue weighted by Gasteiger charge is -2.10. The third-order valence-corrected chi connectivity index (χ3v) is 4.70. The van der Waals surface area contributed by atoms with Crippen molar-refractivity contribution in [2.45, 2.75) is 44.6 Å². The van der Waals surface area contributed by atoms with Crippen molar-refractivity contribution in [3.05, 3.63) is 20.8 Å². The van der Waals surface area contributed by atoms with Crippen LogP contribution in [0, 0.1) is 0 Å². The summed E-state index contributed by atoms with van der Waals surface area (Å²) >= 11 is 5.36. The van der Waals surface area contributed by atoms with Crippen LogP contribution in [-0.2, 0) is 6.42 Å². The minimum absolute atomic E-state index is 0.820. The standard InChI is InChI=1S/C12H18BrNS/c13-12-8-7-11(15-12)6-3-9-14-10-4-1-2-5-10/h7-8,10,14H,1-6,9H2. The molecule has 2 rings (SSSR count). The molecule has 1 aromatic rings. The van der Waals surface area contributed by atoms with E-state index in [1.165, 1.54) is 53.7 Å². The van der Waals surface area contributed by atoms with Crippen molar-refractivity contribution in [2.75, 3.05) is 6.54 Å². The molecule has 1 nitrogen and oxygen atoms in total. The number of aryl methyl sites for hydroxylation is 1. The van der Waals surface area contributed by atoms with Gasteiger partial charge in [-0.1, -0.05) is 12.8 Å². The number of hydrogen-bond acceptors (Lipinski definition) is 2. The van der Waals surface area contributed by atoms with Crippen LogP contribution in [0.5, 0.6) is 0 Å². The number of halogens is 1. The maximum atomic E-state index is 3.65. The summed E-state index contributed by atoms with van der Waals surface area (Å²) in [6, 6.07) is 5.19. The Labute approximate surface area is 104 Å². The van der Waals surface area contributed by atoms with Crippen LogP contribution in [0.3, 0.4) is 0 Å². The van der Waals surface area contributed by atoms with Gasteiger partial charge in [0.05, 0.1) is 3.79 Å². The molecule has 0 spiro atoms. The second-order valence-corrected chi connectivity index (χ2v) is 6.79. The average Bonchev–Trinajstić information content (AvgIpc) is 2.84. The first-order valence-electron chi connectivity index (χ1n) is 5.82. The minimum atomic E-state index is 0.820. The van der Waals surface area contributed by atoms with Gasteiger partial charge in [0, 0.05) is 10.9 Å². The summed E-state index contributed by atoms with van der Waals surface area (Å²) < 4.78 is 1.25. The molecule has 1 fully saturated rings. The lowest BCUT2D eigenvalue weighted by Crippen LogP contribution is -2.27. The summed E-state index contributed by atoms with van der Waals surface area (Å²) in [6.07, 6.45) is 8.12. The first-order chi connectivity index (χ1) is 7.34. The Kier molecular flexibility index (Phi) is 4.66. The van der Waals surface area contributed by atoms with E-state index in [2.05, 4.69) is 33.4 Å². The SMILES string of the molecule is Brc1ccc(CCCNC2CCCC2)s1. The summed E-state index contributed by atoms with van der Waals surface area (Å²) in [7, 11) is 0. The molecule has 1 heterocycles. The summed E-state index contributed by atoms with van der Waals surface area (Å²) in [4.78, 5) is 1.50. The summed E-state index contributed by atoms with van der Waals surface area (Å²) in [5.41, 5.74) is 0. The topological polar surface area (TPSA) is 12.0 Å². The van der Waals surface area contributed by atoms with E-state index in [-0.39, 0.29) is 0 Å². The Bertz CT molecular complexity index is 292. The molecule has 0 radical (unpaired) electrons. The summed E-state index contributed by atoms with van der Waals surface area (Å²) in [5.74, 6) is 0. The van der Waals surface area contributed by atoms with Crippen molar-refractivity contribution in [3.63, 3.8) is 0 Å². The molecule has 84 valence electrons. The predicted molar refractivity (Wildman–Crippen MR) is 70.6 cm³/mol. The van der Waals surface area contributed by atoms with Crippen molar-refractivity contribution in [2.24, 2.45) is 0 Å². The van der Waals surface area contributed by atoms with Gasteiger partial charge in [-0.2, -0.15) is 0 Å². The zero-order valence-corrected chi connectivity index (χ0v) is 11.4. The lowest BCUT2D eigenvalue weighted by atomic mass is 10.2. The molecule has 0 unspecified atom stereocenters. The van der Waals surface area contributed by atoms with Gasteiger partial charge in [-0.25, -0.2) is 0 Å². The van der Waals surface area contributed by atoms with Crippen LogP contribution >= 0.6 is 27.3 Å². The Morgan fingerprint density at radius 3 is 2.80 bits per heavy atom. The van der Waals surface area contributed by atoms with Gasteiger partial charge in [0.1, 0.15) is 0 Å². The van der Waals surface area contributed by atoms with Crippen molar-refractivity contribution >= 4 is 27.3 Å². The lowest BCUT2D eigenvalue weighted by molar-refractivity contribution is 0.516. The number of nitrogens with one attached hydrogen (secondary N) is 1. The van der Waals surface area contributed by atoms with Crippen molar-refractivity contribution in [3.8, 4) is 0 Å². The summed E-state index contributed by atoms with van der Waals surface area (Å²) in [6.45, 7) is 1.18. The Hall–Kier alpha value is 0.140. The number of hydrogen-bond donors (Lipinski definition) is 1. The molecule has 1 aromatic heterocycles. The molecule has 0 saturated heterocycles. The van der Waals surface area contributed by atoms with E-state index in [9.17, 15) is 0 Å². The average molecular weight is 288 g/mol. The molecule has 0 amide bonds. The van der Waals surface area contributed by atoms with Crippen LogP contribution in [0.1, 0.15) is 37.0 Å². The fraction of sp³-hybridized carbons (Fsp3) is 0.667. The van der Waals surface area contributed by atoms with Crippen LogP contribution in [0.15, 0.2) is 15.9 Å². The van der Waals surface area contributed by atoms with E-state index >= 15 is 0 Å². The van der Waals surface area contributed by atoms with E-state index in [0.29, 0.717) is 0 Å². The van der Waals surface area contributed by atoms with Gasteiger partial charge in [-0.05, 0) is 60.3 Å². The second-order valence-electron chi connectivity index (χ2n) is 4.24. The third kappa shape index (κ3) is 3.89. The maximum absolute atomic E-state index is 3.65. The van der Waals surface area contributed by atoms with Crippen molar-refractivity contribution in [1.29, 1.82) is 0 Å². The maximum Gasteiger partial charge on any atom is 0.0701 e. The molecule has 0 aromatic carbocycles. The first kappa shape index (κ1) is 11.6.